The van der Waals surface area contributed by atoms with Gasteiger partial charge in [-0.15, -0.1) is 0 Å². The summed E-state index contributed by atoms with van der Waals surface area (Å²) in [5, 5.41) is 3.09. The lowest BCUT2D eigenvalue weighted by Crippen LogP contribution is -2.23. The van der Waals surface area contributed by atoms with Crippen LogP contribution in [0, 0.1) is 0 Å². The SMILES string of the molecule is COc1ccc(-n2ccnc(NCc3ccccc3)c2=O)cc1. The van der Waals surface area contributed by atoms with E-state index in [9.17, 15) is 4.79 Å². The Balaban J connectivity index is 1.84. The largest absolute Gasteiger partial charge is 0.497 e. The summed E-state index contributed by atoms with van der Waals surface area (Å²) in [7, 11) is 1.61. The smallest absolute Gasteiger partial charge is 0.297 e. The van der Waals surface area contributed by atoms with E-state index in [1.54, 1.807) is 24.1 Å². The minimum Gasteiger partial charge on any atom is -0.497 e. The molecule has 0 radical (unpaired) electrons. The van der Waals surface area contributed by atoms with Crippen LogP contribution in [0.3, 0.4) is 0 Å². The van der Waals surface area contributed by atoms with Crippen LogP contribution in [-0.4, -0.2) is 16.7 Å². The van der Waals surface area contributed by atoms with Crippen LogP contribution in [0.5, 0.6) is 5.75 Å². The molecule has 3 aromatic rings. The molecule has 0 amide bonds. The lowest BCUT2D eigenvalue weighted by molar-refractivity contribution is 0.414. The second kappa shape index (κ2) is 6.79. The molecule has 0 aliphatic carbocycles. The van der Waals surface area contributed by atoms with Crippen LogP contribution >= 0.6 is 0 Å². The number of benzene rings is 2. The molecule has 0 spiro atoms. The van der Waals surface area contributed by atoms with Gasteiger partial charge in [-0.05, 0) is 29.8 Å². The Kier molecular flexibility index (Phi) is 4.38. The number of rotatable bonds is 5. The third-order valence-corrected chi connectivity index (χ3v) is 3.49. The zero-order valence-corrected chi connectivity index (χ0v) is 12.8. The standard InChI is InChI=1S/C18H17N3O2/c1-23-16-9-7-15(8-10-16)21-12-11-19-17(18(21)22)20-13-14-5-3-2-4-6-14/h2-12H,13H2,1H3,(H,19,20). The summed E-state index contributed by atoms with van der Waals surface area (Å²) in [6.45, 7) is 0.551. The van der Waals surface area contributed by atoms with Gasteiger partial charge in [-0.2, -0.15) is 0 Å². The van der Waals surface area contributed by atoms with Gasteiger partial charge in [-0.3, -0.25) is 9.36 Å². The molecule has 23 heavy (non-hydrogen) atoms. The van der Waals surface area contributed by atoms with E-state index in [4.69, 9.17) is 4.74 Å². The maximum Gasteiger partial charge on any atom is 0.297 e. The van der Waals surface area contributed by atoms with E-state index in [1.165, 1.54) is 0 Å². The van der Waals surface area contributed by atoms with Crippen molar-refractivity contribution in [1.29, 1.82) is 0 Å². The van der Waals surface area contributed by atoms with Gasteiger partial charge in [0.1, 0.15) is 5.75 Å². The van der Waals surface area contributed by atoms with Crippen molar-refractivity contribution in [2.45, 2.75) is 6.54 Å². The van der Waals surface area contributed by atoms with Crippen molar-refractivity contribution in [1.82, 2.24) is 9.55 Å². The van der Waals surface area contributed by atoms with Crippen LogP contribution in [0.4, 0.5) is 5.82 Å². The number of nitrogens with zero attached hydrogens (tertiary/aromatic N) is 2. The van der Waals surface area contributed by atoms with Crippen LogP contribution < -0.4 is 15.6 Å². The fraction of sp³-hybridized carbons (Fsp3) is 0.111. The Morgan fingerprint density at radius 2 is 1.83 bits per heavy atom. The lowest BCUT2D eigenvalue weighted by atomic mass is 10.2. The van der Waals surface area contributed by atoms with Gasteiger partial charge in [-0.1, -0.05) is 30.3 Å². The third-order valence-electron chi connectivity index (χ3n) is 3.49. The molecule has 0 saturated carbocycles. The summed E-state index contributed by atoms with van der Waals surface area (Å²) >= 11 is 0. The van der Waals surface area contributed by atoms with E-state index >= 15 is 0 Å². The summed E-state index contributed by atoms with van der Waals surface area (Å²) in [5.74, 6) is 1.07. The number of ether oxygens (including phenoxy) is 1. The number of hydrogen-bond acceptors (Lipinski definition) is 4. The summed E-state index contributed by atoms with van der Waals surface area (Å²) < 4.78 is 6.69. The van der Waals surface area contributed by atoms with Crippen molar-refractivity contribution in [3.05, 3.63) is 82.9 Å². The molecule has 116 valence electrons. The monoisotopic (exact) mass is 307 g/mol. The first-order valence-electron chi connectivity index (χ1n) is 7.28. The summed E-state index contributed by atoms with van der Waals surface area (Å²) in [5.41, 5.74) is 1.67. The third kappa shape index (κ3) is 3.40. The topological polar surface area (TPSA) is 56.1 Å². The molecule has 0 saturated heterocycles. The molecule has 0 aliphatic rings. The average molecular weight is 307 g/mol. The number of anilines is 1. The average Bonchev–Trinajstić information content (AvgIpc) is 2.62. The predicted molar refractivity (Wildman–Crippen MR) is 90.2 cm³/mol. The molecule has 2 aromatic carbocycles. The predicted octanol–water partition coefficient (Wildman–Crippen LogP) is 2.85. The van der Waals surface area contributed by atoms with Crippen LogP contribution in [0.15, 0.2) is 71.8 Å². The lowest BCUT2D eigenvalue weighted by Gasteiger charge is -2.09. The molecule has 0 unspecified atom stereocenters. The van der Waals surface area contributed by atoms with Crippen LogP contribution in [0.2, 0.25) is 0 Å². The van der Waals surface area contributed by atoms with E-state index in [2.05, 4.69) is 10.3 Å². The maximum atomic E-state index is 12.6. The van der Waals surface area contributed by atoms with Gasteiger partial charge in [0.05, 0.1) is 7.11 Å². The van der Waals surface area contributed by atoms with E-state index in [-0.39, 0.29) is 5.56 Å². The number of aromatic nitrogens is 2. The highest BCUT2D eigenvalue weighted by Crippen LogP contribution is 2.13. The van der Waals surface area contributed by atoms with E-state index in [0.29, 0.717) is 12.4 Å². The van der Waals surface area contributed by atoms with Crippen LogP contribution in [0.1, 0.15) is 5.56 Å². The quantitative estimate of drug-likeness (QED) is 0.787. The van der Waals surface area contributed by atoms with Crippen LogP contribution in [0.25, 0.3) is 5.69 Å². The Morgan fingerprint density at radius 3 is 2.52 bits per heavy atom. The molecular formula is C18H17N3O2. The van der Waals surface area contributed by atoms with Crippen molar-refractivity contribution >= 4 is 5.82 Å². The molecule has 0 fully saturated rings. The zero-order chi connectivity index (χ0) is 16.1. The van der Waals surface area contributed by atoms with Gasteiger partial charge in [0.15, 0.2) is 5.82 Å². The van der Waals surface area contributed by atoms with Gasteiger partial charge in [0.2, 0.25) is 0 Å². The van der Waals surface area contributed by atoms with Gasteiger partial charge >= 0.3 is 0 Å². The summed E-state index contributed by atoms with van der Waals surface area (Å²) in [6, 6.07) is 17.2. The first-order valence-corrected chi connectivity index (χ1v) is 7.28. The Hall–Kier alpha value is -3.08. The molecule has 0 aliphatic heterocycles. The first kappa shape index (κ1) is 14.8. The van der Waals surface area contributed by atoms with Gasteiger partial charge in [-0.25, -0.2) is 4.98 Å². The molecule has 5 nitrogen and oxygen atoms in total. The molecule has 1 aromatic heterocycles. The molecule has 1 heterocycles. The fourth-order valence-corrected chi connectivity index (χ4v) is 2.26. The highest BCUT2D eigenvalue weighted by Gasteiger charge is 2.06. The summed E-state index contributed by atoms with van der Waals surface area (Å²) in [6.07, 6.45) is 3.26. The molecule has 0 atom stereocenters. The minimum absolute atomic E-state index is 0.186. The normalized spacial score (nSPS) is 10.3. The van der Waals surface area contributed by atoms with Crippen molar-refractivity contribution in [3.63, 3.8) is 0 Å². The van der Waals surface area contributed by atoms with E-state index < -0.39 is 0 Å². The van der Waals surface area contributed by atoms with Gasteiger partial charge in [0, 0.05) is 24.6 Å². The minimum atomic E-state index is -0.186. The summed E-state index contributed by atoms with van der Waals surface area (Å²) in [4.78, 5) is 16.7. The molecule has 0 bridgehead atoms. The molecule has 5 heteroatoms. The fourth-order valence-electron chi connectivity index (χ4n) is 2.26. The highest BCUT2D eigenvalue weighted by atomic mass is 16.5. The zero-order valence-electron chi connectivity index (χ0n) is 12.8. The van der Waals surface area contributed by atoms with Crippen LogP contribution in [-0.2, 0) is 6.54 Å². The van der Waals surface area contributed by atoms with Crippen molar-refractivity contribution < 1.29 is 4.74 Å². The van der Waals surface area contributed by atoms with Gasteiger partial charge < -0.3 is 10.1 Å². The molecule has 1 N–H and O–H groups in total. The Morgan fingerprint density at radius 1 is 1.09 bits per heavy atom. The van der Waals surface area contributed by atoms with Crippen molar-refractivity contribution in [2.24, 2.45) is 0 Å². The maximum absolute atomic E-state index is 12.6. The van der Waals surface area contributed by atoms with Gasteiger partial charge in [0.25, 0.3) is 5.56 Å². The highest BCUT2D eigenvalue weighted by molar-refractivity contribution is 5.41. The van der Waals surface area contributed by atoms with E-state index in [1.807, 2.05) is 54.6 Å². The second-order valence-electron chi connectivity index (χ2n) is 4.99. The van der Waals surface area contributed by atoms with E-state index in [0.717, 1.165) is 17.0 Å². The van der Waals surface area contributed by atoms with Crippen molar-refractivity contribution in [3.8, 4) is 11.4 Å². The number of nitrogens with one attached hydrogen (secondary N) is 1. The molecular weight excluding hydrogens is 290 g/mol. The number of hydrogen-bond donors (Lipinski definition) is 1. The second-order valence-corrected chi connectivity index (χ2v) is 4.99. The Labute approximate surface area is 134 Å². The Bertz CT molecular complexity index is 827. The number of methoxy groups -OCH3 is 1. The molecule has 3 rings (SSSR count). The van der Waals surface area contributed by atoms with Crippen molar-refractivity contribution in [2.75, 3.05) is 12.4 Å². The first-order chi connectivity index (χ1) is 11.3.